The summed E-state index contributed by atoms with van der Waals surface area (Å²) in [6.45, 7) is 1.33. The lowest BCUT2D eigenvalue weighted by Crippen LogP contribution is -2.28. The molecule has 0 aliphatic carbocycles. The van der Waals surface area contributed by atoms with Gasteiger partial charge in [-0.05, 0) is 22.0 Å². The third-order valence-electron chi connectivity index (χ3n) is 1.97. The minimum atomic E-state index is -3.25. The van der Waals surface area contributed by atoms with Gasteiger partial charge in [0.25, 0.3) is 10.2 Å². The second-order valence-corrected chi connectivity index (χ2v) is 5.53. The number of hydrogen-bond acceptors (Lipinski definition) is 3. The number of rotatable bonds is 2. The quantitative estimate of drug-likeness (QED) is 0.867. The first kappa shape index (κ1) is 10.2. The maximum Gasteiger partial charge on any atom is 0.279 e. The fraction of sp³-hybridized carbons (Fsp3) is 0.429. The predicted octanol–water partition coefficient (Wildman–Crippen LogP) is 0.692. The highest BCUT2D eigenvalue weighted by molar-refractivity contribution is 9.10. The number of halogens is 1. The molecule has 1 aromatic heterocycles. The molecule has 2 rings (SSSR count). The van der Waals surface area contributed by atoms with E-state index in [9.17, 15) is 8.42 Å². The van der Waals surface area contributed by atoms with Crippen molar-refractivity contribution in [2.45, 2.75) is 6.54 Å². The fourth-order valence-corrected chi connectivity index (χ4v) is 2.88. The number of hydrogen-bond donors (Lipinski definition) is 1. The molecular weight excluding hydrogens is 272 g/mol. The Morgan fingerprint density at radius 2 is 2.43 bits per heavy atom. The Morgan fingerprint density at radius 1 is 1.64 bits per heavy atom. The van der Waals surface area contributed by atoms with Gasteiger partial charge in [0.1, 0.15) is 0 Å². The van der Waals surface area contributed by atoms with E-state index in [0.717, 1.165) is 5.56 Å². The van der Waals surface area contributed by atoms with Gasteiger partial charge in [-0.3, -0.25) is 0 Å². The number of nitrogens with zero attached hydrogens (tertiary/aromatic N) is 1. The Balaban J connectivity index is 2.12. The van der Waals surface area contributed by atoms with Crippen LogP contribution in [0.25, 0.3) is 0 Å². The molecule has 5 nitrogen and oxygen atoms in total. The van der Waals surface area contributed by atoms with Crippen molar-refractivity contribution in [2.24, 2.45) is 0 Å². The summed E-state index contributed by atoms with van der Waals surface area (Å²) in [7, 11) is -3.25. The summed E-state index contributed by atoms with van der Waals surface area (Å²) in [6.07, 6.45) is 1.54. The molecule has 1 aromatic rings. The molecule has 7 heteroatoms. The average molecular weight is 281 g/mol. The first-order valence-electron chi connectivity index (χ1n) is 4.05. The second kappa shape index (κ2) is 3.65. The van der Waals surface area contributed by atoms with E-state index in [1.165, 1.54) is 10.6 Å². The van der Waals surface area contributed by atoms with Crippen molar-refractivity contribution in [1.82, 2.24) is 9.03 Å². The molecule has 0 aromatic carbocycles. The van der Waals surface area contributed by atoms with Gasteiger partial charge in [0.2, 0.25) is 0 Å². The highest BCUT2D eigenvalue weighted by Crippen LogP contribution is 2.17. The maximum atomic E-state index is 11.3. The van der Waals surface area contributed by atoms with E-state index >= 15 is 0 Å². The van der Waals surface area contributed by atoms with Crippen molar-refractivity contribution >= 4 is 26.1 Å². The zero-order chi connectivity index (χ0) is 10.2. The molecule has 0 spiro atoms. The smallest absolute Gasteiger partial charge is 0.279 e. The van der Waals surface area contributed by atoms with Crippen molar-refractivity contribution in [1.29, 1.82) is 0 Å². The van der Waals surface area contributed by atoms with Crippen LogP contribution < -0.4 is 4.72 Å². The first-order valence-corrected chi connectivity index (χ1v) is 6.29. The van der Waals surface area contributed by atoms with Gasteiger partial charge in [-0.2, -0.15) is 12.7 Å². The monoisotopic (exact) mass is 280 g/mol. The van der Waals surface area contributed by atoms with E-state index in [1.54, 1.807) is 6.07 Å². The van der Waals surface area contributed by atoms with E-state index < -0.39 is 10.2 Å². The molecule has 1 N–H and O–H groups in total. The van der Waals surface area contributed by atoms with Gasteiger partial charge >= 0.3 is 0 Å². The first-order chi connectivity index (χ1) is 6.58. The average Bonchev–Trinajstić information content (AvgIpc) is 2.61. The molecule has 1 aliphatic rings. The van der Waals surface area contributed by atoms with Crippen LogP contribution in [0.3, 0.4) is 0 Å². The summed E-state index contributed by atoms with van der Waals surface area (Å²) < 4.78 is 32.1. The minimum Gasteiger partial charge on any atom is -0.457 e. The van der Waals surface area contributed by atoms with E-state index in [0.29, 0.717) is 24.3 Å². The molecule has 1 fully saturated rings. The van der Waals surface area contributed by atoms with E-state index in [4.69, 9.17) is 4.42 Å². The molecule has 78 valence electrons. The van der Waals surface area contributed by atoms with Gasteiger partial charge in [0.05, 0.1) is 6.26 Å². The standard InChI is InChI=1S/C7H9BrN2O3S/c8-7-3-6(5-13-7)4-10-2-1-9-14(10,11)12/h3,5,9H,1-2,4H2. The second-order valence-electron chi connectivity index (χ2n) is 2.99. The zero-order valence-electron chi connectivity index (χ0n) is 7.23. The molecule has 0 saturated carbocycles. The van der Waals surface area contributed by atoms with Gasteiger partial charge in [-0.25, -0.2) is 4.72 Å². The van der Waals surface area contributed by atoms with Crippen molar-refractivity contribution < 1.29 is 12.8 Å². The Labute approximate surface area is 90.4 Å². The molecule has 0 radical (unpaired) electrons. The third-order valence-corrected chi connectivity index (χ3v) is 3.94. The van der Waals surface area contributed by atoms with Crippen molar-refractivity contribution in [3.8, 4) is 0 Å². The molecule has 0 amide bonds. The maximum absolute atomic E-state index is 11.3. The number of furan rings is 1. The highest BCUT2D eigenvalue weighted by Gasteiger charge is 2.27. The topological polar surface area (TPSA) is 62.6 Å². The van der Waals surface area contributed by atoms with E-state index in [2.05, 4.69) is 20.7 Å². The molecule has 1 saturated heterocycles. The van der Waals surface area contributed by atoms with Gasteiger partial charge in [-0.1, -0.05) is 0 Å². The number of nitrogens with one attached hydrogen (secondary N) is 1. The molecule has 0 unspecified atom stereocenters. The normalized spacial score (nSPS) is 21.5. The van der Waals surface area contributed by atoms with Crippen LogP contribution >= 0.6 is 15.9 Å². The molecule has 0 bridgehead atoms. The summed E-state index contributed by atoms with van der Waals surface area (Å²) in [5.74, 6) is 0. The fourth-order valence-electron chi connectivity index (χ4n) is 1.31. The van der Waals surface area contributed by atoms with Crippen LogP contribution in [-0.2, 0) is 16.8 Å². The minimum absolute atomic E-state index is 0.352. The molecule has 0 atom stereocenters. The predicted molar refractivity (Wildman–Crippen MR) is 53.7 cm³/mol. The summed E-state index contributed by atoms with van der Waals surface area (Å²) in [5.41, 5.74) is 0.837. The molecule has 14 heavy (non-hydrogen) atoms. The van der Waals surface area contributed by atoms with Crippen LogP contribution in [0.15, 0.2) is 21.4 Å². The highest BCUT2D eigenvalue weighted by atomic mass is 79.9. The lowest BCUT2D eigenvalue weighted by Gasteiger charge is -2.10. The Hall–Kier alpha value is -0.370. The third kappa shape index (κ3) is 2.00. The molecule has 1 aliphatic heterocycles. The van der Waals surface area contributed by atoms with Crippen LogP contribution in [0, 0.1) is 0 Å². The summed E-state index contributed by atoms with van der Waals surface area (Å²) in [4.78, 5) is 0. The Morgan fingerprint density at radius 3 is 2.93 bits per heavy atom. The lowest BCUT2D eigenvalue weighted by atomic mass is 10.3. The van der Waals surface area contributed by atoms with Crippen molar-refractivity contribution in [3.05, 3.63) is 22.6 Å². The Bertz CT molecular complexity index is 428. The van der Waals surface area contributed by atoms with Crippen LogP contribution in [0.5, 0.6) is 0 Å². The van der Waals surface area contributed by atoms with Crippen molar-refractivity contribution in [2.75, 3.05) is 13.1 Å². The summed E-state index contributed by atoms with van der Waals surface area (Å²) in [6, 6.07) is 1.76. The van der Waals surface area contributed by atoms with E-state index in [1.807, 2.05) is 0 Å². The van der Waals surface area contributed by atoms with Crippen molar-refractivity contribution in [3.63, 3.8) is 0 Å². The molecular formula is C7H9BrN2O3S. The molecule has 2 heterocycles. The van der Waals surface area contributed by atoms with Gasteiger partial charge in [0, 0.05) is 25.2 Å². The van der Waals surface area contributed by atoms with Gasteiger partial charge in [0.15, 0.2) is 4.67 Å². The van der Waals surface area contributed by atoms with Gasteiger partial charge < -0.3 is 4.42 Å². The van der Waals surface area contributed by atoms with E-state index in [-0.39, 0.29) is 0 Å². The van der Waals surface area contributed by atoms with Crippen LogP contribution in [0.4, 0.5) is 0 Å². The zero-order valence-corrected chi connectivity index (χ0v) is 9.64. The Kier molecular flexibility index (Phi) is 2.65. The van der Waals surface area contributed by atoms with Crippen LogP contribution in [-0.4, -0.2) is 25.8 Å². The largest absolute Gasteiger partial charge is 0.457 e. The SMILES string of the molecule is O=S1(=O)NCCN1Cc1coc(Br)c1. The van der Waals surface area contributed by atoms with Gasteiger partial charge in [-0.15, -0.1) is 0 Å². The van der Waals surface area contributed by atoms with Crippen LogP contribution in [0.2, 0.25) is 0 Å². The summed E-state index contributed by atoms with van der Waals surface area (Å²) >= 11 is 3.16. The van der Waals surface area contributed by atoms with Crippen LogP contribution in [0.1, 0.15) is 5.56 Å². The lowest BCUT2D eigenvalue weighted by molar-refractivity contribution is 0.442. The summed E-state index contributed by atoms with van der Waals surface area (Å²) in [5, 5.41) is 0.